The van der Waals surface area contributed by atoms with Gasteiger partial charge in [-0.1, -0.05) is 17.9 Å². The third-order valence-corrected chi connectivity index (χ3v) is 5.28. The minimum Gasteiger partial charge on any atom is -0.488 e. The van der Waals surface area contributed by atoms with Crippen LogP contribution in [0.3, 0.4) is 0 Å². The number of halogens is 7. The molecule has 0 aliphatic rings. The zero-order chi connectivity index (χ0) is 28.5. The summed E-state index contributed by atoms with van der Waals surface area (Å²) in [6, 6.07) is 7.26. The summed E-state index contributed by atoms with van der Waals surface area (Å²) in [5.74, 6) is 2.71. The summed E-state index contributed by atoms with van der Waals surface area (Å²) in [5.41, 5.74) is 0.973. The molecule has 1 unspecified atom stereocenters. The predicted octanol–water partition coefficient (Wildman–Crippen LogP) is 6.50. The topological polar surface area (TPSA) is 74.2 Å². The Labute approximate surface area is 227 Å². The van der Waals surface area contributed by atoms with Crippen LogP contribution in [-0.2, 0) is 16.0 Å². The monoisotopic (exact) mass is 658 g/mol. The first kappa shape index (κ1) is 31.1. The van der Waals surface area contributed by atoms with Gasteiger partial charge in [-0.3, -0.25) is 0 Å². The number of hydrogen-bond donors (Lipinski definition) is 1. The van der Waals surface area contributed by atoms with Gasteiger partial charge in [0.1, 0.15) is 23.9 Å². The van der Waals surface area contributed by atoms with Crippen molar-refractivity contribution < 1.29 is 55.2 Å². The number of aliphatic carboxylic acids is 1. The standard InChI is InChI=1S/C25H21F6IO6/c1-3-35-22(23(33)34)13-17-6-7-21(20(32)12-17)36-9-8-15(2)4-5-16-10-18(37-24(26,27)28)14-19(11-16)38-25(29,30)31/h6-8,10-12,14,22H,3,9,13H2,1-2H3,(H,33,34)/b15-8-. The van der Waals surface area contributed by atoms with Crippen molar-refractivity contribution in [2.75, 3.05) is 13.2 Å². The number of carbonyl (C=O) groups is 1. The van der Waals surface area contributed by atoms with E-state index in [0.717, 1.165) is 21.3 Å². The van der Waals surface area contributed by atoms with Gasteiger partial charge in [0.25, 0.3) is 0 Å². The third-order valence-electron chi connectivity index (χ3n) is 4.44. The van der Waals surface area contributed by atoms with Gasteiger partial charge < -0.3 is 24.1 Å². The Morgan fingerprint density at radius 1 is 1.05 bits per heavy atom. The fourth-order valence-corrected chi connectivity index (χ4v) is 3.66. The minimum absolute atomic E-state index is 0.0617. The van der Waals surface area contributed by atoms with Crippen molar-refractivity contribution in [2.45, 2.75) is 39.1 Å². The highest BCUT2D eigenvalue weighted by Gasteiger charge is 2.33. The van der Waals surface area contributed by atoms with Gasteiger partial charge in [-0.15, -0.1) is 26.3 Å². The maximum Gasteiger partial charge on any atom is 0.573 e. The second-order valence-corrected chi connectivity index (χ2v) is 8.65. The molecule has 0 aliphatic heterocycles. The van der Waals surface area contributed by atoms with Gasteiger partial charge in [0.2, 0.25) is 0 Å². The first-order chi connectivity index (χ1) is 17.6. The lowest BCUT2D eigenvalue weighted by atomic mass is 10.1. The number of carboxylic acids is 1. The van der Waals surface area contributed by atoms with Gasteiger partial charge in [0.15, 0.2) is 6.10 Å². The summed E-state index contributed by atoms with van der Waals surface area (Å²) in [5, 5.41) is 9.22. The largest absolute Gasteiger partial charge is 0.573 e. The molecule has 13 heteroatoms. The van der Waals surface area contributed by atoms with Gasteiger partial charge in [-0.05, 0) is 77.9 Å². The van der Waals surface area contributed by atoms with Crippen LogP contribution in [-0.4, -0.2) is 43.1 Å². The van der Waals surface area contributed by atoms with E-state index in [-0.39, 0.29) is 25.2 Å². The molecule has 2 aromatic carbocycles. The molecule has 2 rings (SSSR count). The van der Waals surface area contributed by atoms with Crippen LogP contribution in [0.4, 0.5) is 26.3 Å². The molecule has 0 saturated carbocycles. The Morgan fingerprint density at radius 2 is 1.66 bits per heavy atom. The van der Waals surface area contributed by atoms with Gasteiger partial charge in [0.05, 0.1) is 3.57 Å². The molecule has 2 aromatic rings. The van der Waals surface area contributed by atoms with Crippen LogP contribution in [0, 0.1) is 15.4 Å². The second-order valence-electron chi connectivity index (χ2n) is 7.49. The smallest absolute Gasteiger partial charge is 0.488 e. The van der Waals surface area contributed by atoms with Crippen LogP contribution in [0.15, 0.2) is 48.0 Å². The van der Waals surface area contributed by atoms with Crippen LogP contribution in [0.1, 0.15) is 25.0 Å². The van der Waals surface area contributed by atoms with Crippen molar-refractivity contribution in [3.63, 3.8) is 0 Å². The molecule has 0 spiro atoms. The summed E-state index contributed by atoms with van der Waals surface area (Å²) in [7, 11) is 0. The molecule has 206 valence electrons. The highest BCUT2D eigenvalue weighted by molar-refractivity contribution is 14.1. The summed E-state index contributed by atoms with van der Waals surface area (Å²) < 4.78 is 94.2. The first-order valence-corrected chi connectivity index (χ1v) is 11.8. The van der Waals surface area contributed by atoms with Crippen molar-refractivity contribution in [3.8, 4) is 29.1 Å². The van der Waals surface area contributed by atoms with Gasteiger partial charge in [-0.25, -0.2) is 4.79 Å². The Hall–Kier alpha value is -3.12. The van der Waals surface area contributed by atoms with Crippen molar-refractivity contribution in [1.82, 2.24) is 0 Å². The zero-order valence-corrected chi connectivity index (χ0v) is 22.0. The Bertz CT molecular complexity index is 1180. The van der Waals surface area contributed by atoms with Gasteiger partial charge in [0, 0.05) is 24.7 Å². The van der Waals surface area contributed by atoms with Crippen LogP contribution in [0.2, 0.25) is 0 Å². The van der Waals surface area contributed by atoms with Crippen molar-refractivity contribution >= 4 is 28.6 Å². The second kappa shape index (κ2) is 13.6. The summed E-state index contributed by atoms with van der Waals surface area (Å²) >= 11 is 2.03. The molecule has 0 fully saturated rings. The molecule has 0 radical (unpaired) electrons. The first-order valence-electron chi connectivity index (χ1n) is 10.8. The van der Waals surface area contributed by atoms with Crippen LogP contribution in [0.5, 0.6) is 17.2 Å². The zero-order valence-electron chi connectivity index (χ0n) is 19.9. The van der Waals surface area contributed by atoms with E-state index in [2.05, 4.69) is 21.3 Å². The molecule has 0 saturated heterocycles. The number of carboxylic acid groups (broad SMARTS) is 1. The molecule has 0 amide bonds. The lowest BCUT2D eigenvalue weighted by Gasteiger charge is -2.13. The molecule has 6 nitrogen and oxygen atoms in total. The molecule has 0 aromatic heterocycles. The van der Waals surface area contributed by atoms with E-state index in [1.54, 1.807) is 38.1 Å². The number of benzene rings is 2. The van der Waals surface area contributed by atoms with E-state index >= 15 is 0 Å². The fraction of sp³-hybridized carbons (Fsp3) is 0.320. The lowest BCUT2D eigenvalue weighted by Crippen LogP contribution is -2.26. The van der Waals surface area contributed by atoms with E-state index in [0.29, 0.717) is 17.4 Å². The molecule has 0 aliphatic carbocycles. The highest BCUT2D eigenvalue weighted by Crippen LogP contribution is 2.31. The minimum atomic E-state index is -5.12. The molecular weight excluding hydrogens is 637 g/mol. The fourth-order valence-electron chi connectivity index (χ4n) is 2.93. The van der Waals surface area contributed by atoms with Crippen molar-refractivity contribution in [1.29, 1.82) is 0 Å². The maximum absolute atomic E-state index is 12.5. The average molecular weight is 658 g/mol. The highest BCUT2D eigenvalue weighted by atomic mass is 127. The van der Waals surface area contributed by atoms with Crippen LogP contribution in [0.25, 0.3) is 0 Å². The van der Waals surface area contributed by atoms with Crippen molar-refractivity contribution in [2.24, 2.45) is 0 Å². The Kier molecular flexibility index (Phi) is 11.1. The van der Waals surface area contributed by atoms with E-state index in [1.807, 2.05) is 22.6 Å². The number of ether oxygens (including phenoxy) is 4. The number of allylic oxidation sites excluding steroid dienone is 1. The molecule has 0 heterocycles. The number of rotatable bonds is 10. The molecular formula is C25H21F6IO6. The summed E-state index contributed by atoms with van der Waals surface area (Å²) in [6.07, 6.45) is -9.46. The van der Waals surface area contributed by atoms with E-state index < -0.39 is 36.3 Å². The summed E-state index contributed by atoms with van der Waals surface area (Å²) in [4.78, 5) is 11.3. The molecule has 1 N–H and O–H groups in total. The van der Waals surface area contributed by atoms with Gasteiger partial charge >= 0.3 is 18.7 Å². The molecule has 38 heavy (non-hydrogen) atoms. The SMILES string of the molecule is CCOC(Cc1ccc(OC/C=C(/C)C#Cc2cc(OC(F)(F)F)cc(OC(F)(F)F)c2)c(I)c1)C(=O)O. The maximum atomic E-state index is 12.5. The van der Waals surface area contributed by atoms with Crippen LogP contribution < -0.4 is 14.2 Å². The third kappa shape index (κ3) is 11.5. The Balaban J connectivity index is 2.10. The summed E-state index contributed by atoms with van der Waals surface area (Å²) in [6.45, 7) is 3.61. The number of alkyl halides is 6. The van der Waals surface area contributed by atoms with E-state index in [1.165, 1.54) is 0 Å². The molecule has 0 bridgehead atoms. The molecule has 1 atom stereocenters. The Morgan fingerprint density at radius 3 is 2.16 bits per heavy atom. The number of hydrogen-bond acceptors (Lipinski definition) is 5. The quantitative estimate of drug-likeness (QED) is 0.179. The lowest BCUT2D eigenvalue weighted by molar-refractivity contribution is -0.276. The average Bonchev–Trinajstić information content (AvgIpc) is 2.76. The van der Waals surface area contributed by atoms with Crippen LogP contribution >= 0.6 is 22.6 Å². The van der Waals surface area contributed by atoms with Crippen molar-refractivity contribution in [3.05, 3.63) is 62.7 Å². The van der Waals surface area contributed by atoms with E-state index in [9.17, 15) is 36.2 Å². The van der Waals surface area contributed by atoms with Gasteiger partial charge in [-0.2, -0.15) is 0 Å². The van der Waals surface area contributed by atoms with E-state index in [4.69, 9.17) is 9.47 Å². The normalized spacial score (nSPS) is 12.8. The predicted molar refractivity (Wildman–Crippen MR) is 132 cm³/mol.